The number of nitrogens with zero attached hydrogens (tertiary/aromatic N) is 3. The Kier molecular flexibility index (Phi) is 4.63. The van der Waals surface area contributed by atoms with Crippen molar-refractivity contribution in [3.05, 3.63) is 36.2 Å². The van der Waals surface area contributed by atoms with Crippen molar-refractivity contribution in [3.63, 3.8) is 0 Å². The number of hydrogen-bond acceptors (Lipinski definition) is 5. The molecule has 0 atom stereocenters. The molecule has 3 heterocycles. The molecule has 0 bridgehead atoms. The van der Waals surface area contributed by atoms with Gasteiger partial charge in [-0.2, -0.15) is 5.10 Å². The molecule has 7 heteroatoms. The molecule has 7 nitrogen and oxygen atoms in total. The van der Waals surface area contributed by atoms with E-state index in [1.807, 2.05) is 52.2 Å². The lowest BCUT2D eigenvalue weighted by molar-refractivity contribution is -0.0226. The maximum absolute atomic E-state index is 12.9. The van der Waals surface area contributed by atoms with Gasteiger partial charge in [-0.25, -0.2) is 4.79 Å². The van der Waals surface area contributed by atoms with Crippen LogP contribution < -0.4 is 4.74 Å². The lowest BCUT2D eigenvalue weighted by Gasteiger charge is -2.44. The minimum absolute atomic E-state index is 0.0858. The summed E-state index contributed by atoms with van der Waals surface area (Å²) in [5, 5.41) is 4.19. The van der Waals surface area contributed by atoms with Crippen molar-refractivity contribution in [2.24, 2.45) is 7.05 Å². The molecule has 0 saturated carbocycles. The molecular weight excluding hydrogens is 370 g/mol. The number of piperidine rings is 1. The van der Waals surface area contributed by atoms with Crippen LogP contribution in [0.5, 0.6) is 5.75 Å². The van der Waals surface area contributed by atoms with Crippen LogP contribution in [0.25, 0.3) is 11.1 Å². The highest BCUT2D eigenvalue weighted by Gasteiger charge is 2.44. The van der Waals surface area contributed by atoms with E-state index in [0.717, 1.165) is 11.1 Å². The SMILES string of the molecule is Cn1cc(-c2ccc3c(c2)C(=O)CC2(CCN(C(=O)OC(C)(C)C)CC2)O3)cn1. The van der Waals surface area contributed by atoms with E-state index in [2.05, 4.69) is 5.10 Å². The molecule has 2 aliphatic rings. The van der Waals surface area contributed by atoms with E-state index in [4.69, 9.17) is 9.47 Å². The van der Waals surface area contributed by atoms with Crippen LogP contribution >= 0.6 is 0 Å². The number of aromatic nitrogens is 2. The van der Waals surface area contributed by atoms with E-state index in [1.54, 1.807) is 15.8 Å². The minimum Gasteiger partial charge on any atom is -0.486 e. The van der Waals surface area contributed by atoms with E-state index in [9.17, 15) is 9.59 Å². The molecule has 0 aliphatic carbocycles. The molecule has 2 aromatic rings. The first-order valence-corrected chi connectivity index (χ1v) is 9.97. The zero-order valence-electron chi connectivity index (χ0n) is 17.4. The summed E-state index contributed by atoms with van der Waals surface area (Å²) in [6.45, 7) is 6.61. The van der Waals surface area contributed by atoms with Crippen molar-refractivity contribution < 1.29 is 19.1 Å². The van der Waals surface area contributed by atoms with Gasteiger partial charge in [0.25, 0.3) is 0 Å². The molecular formula is C22H27N3O4. The van der Waals surface area contributed by atoms with Crippen molar-refractivity contribution >= 4 is 11.9 Å². The van der Waals surface area contributed by atoms with Gasteiger partial charge in [0, 0.05) is 44.7 Å². The zero-order valence-corrected chi connectivity index (χ0v) is 17.4. The van der Waals surface area contributed by atoms with Gasteiger partial charge >= 0.3 is 6.09 Å². The summed E-state index contributed by atoms with van der Waals surface area (Å²) in [5.41, 5.74) is 1.47. The number of aryl methyl sites for hydroxylation is 1. The Balaban J connectivity index is 1.48. The number of hydrogen-bond donors (Lipinski definition) is 0. The number of amides is 1. The molecule has 1 spiro atoms. The molecule has 29 heavy (non-hydrogen) atoms. The Morgan fingerprint density at radius 3 is 2.55 bits per heavy atom. The van der Waals surface area contributed by atoms with Crippen LogP contribution in [0.3, 0.4) is 0 Å². The molecule has 1 fully saturated rings. The maximum atomic E-state index is 12.9. The Bertz CT molecular complexity index is 949. The summed E-state index contributed by atoms with van der Waals surface area (Å²) < 4.78 is 13.5. The van der Waals surface area contributed by atoms with E-state index >= 15 is 0 Å². The fraction of sp³-hybridized carbons (Fsp3) is 0.500. The number of carbonyl (C=O) groups excluding carboxylic acids is 2. The highest BCUT2D eigenvalue weighted by atomic mass is 16.6. The molecule has 1 aromatic heterocycles. The van der Waals surface area contributed by atoms with Gasteiger partial charge in [-0.3, -0.25) is 9.48 Å². The van der Waals surface area contributed by atoms with Gasteiger partial charge in [0.05, 0.1) is 18.2 Å². The maximum Gasteiger partial charge on any atom is 0.410 e. The van der Waals surface area contributed by atoms with Crippen molar-refractivity contribution in [2.75, 3.05) is 13.1 Å². The number of rotatable bonds is 1. The van der Waals surface area contributed by atoms with E-state index in [0.29, 0.717) is 43.7 Å². The first-order valence-electron chi connectivity index (χ1n) is 9.97. The summed E-state index contributed by atoms with van der Waals surface area (Å²) in [7, 11) is 1.86. The quantitative estimate of drug-likeness (QED) is 0.731. The first kappa shape index (κ1) is 19.5. The summed E-state index contributed by atoms with van der Waals surface area (Å²) in [6, 6.07) is 5.71. The van der Waals surface area contributed by atoms with Gasteiger partial charge in [0.15, 0.2) is 5.78 Å². The van der Waals surface area contributed by atoms with Crippen LogP contribution in [0.2, 0.25) is 0 Å². The molecule has 1 saturated heterocycles. The predicted octanol–water partition coefficient (Wildman–Crippen LogP) is 3.82. The van der Waals surface area contributed by atoms with Gasteiger partial charge < -0.3 is 14.4 Å². The second-order valence-corrected chi connectivity index (χ2v) is 8.97. The molecule has 0 radical (unpaired) electrons. The molecule has 1 amide bonds. The van der Waals surface area contributed by atoms with Gasteiger partial charge in [-0.05, 0) is 38.5 Å². The van der Waals surface area contributed by atoms with Crippen molar-refractivity contribution in [1.82, 2.24) is 14.7 Å². The third-order valence-electron chi connectivity index (χ3n) is 5.45. The normalized spacial score (nSPS) is 18.3. The lowest BCUT2D eigenvalue weighted by Crippen LogP contribution is -2.52. The lowest BCUT2D eigenvalue weighted by atomic mass is 9.82. The molecule has 0 N–H and O–H groups in total. The highest BCUT2D eigenvalue weighted by molar-refractivity contribution is 6.01. The summed E-state index contributed by atoms with van der Waals surface area (Å²) in [6.07, 6.45) is 4.95. The van der Waals surface area contributed by atoms with Gasteiger partial charge in [0.1, 0.15) is 17.0 Å². The smallest absolute Gasteiger partial charge is 0.410 e. The van der Waals surface area contributed by atoms with Gasteiger partial charge in [-0.1, -0.05) is 6.07 Å². The van der Waals surface area contributed by atoms with E-state index < -0.39 is 11.2 Å². The monoisotopic (exact) mass is 397 g/mol. The number of carbonyl (C=O) groups is 2. The number of ketones is 1. The number of ether oxygens (including phenoxy) is 2. The second-order valence-electron chi connectivity index (χ2n) is 8.97. The van der Waals surface area contributed by atoms with Crippen molar-refractivity contribution in [3.8, 4) is 16.9 Å². The Hall–Kier alpha value is -2.83. The van der Waals surface area contributed by atoms with Crippen molar-refractivity contribution in [2.45, 2.75) is 51.2 Å². The van der Waals surface area contributed by atoms with Crippen LogP contribution in [0.15, 0.2) is 30.6 Å². The third kappa shape index (κ3) is 3.99. The highest BCUT2D eigenvalue weighted by Crippen LogP contribution is 2.40. The summed E-state index contributed by atoms with van der Waals surface area (Å²) in [5.74, 6) is 0.710. The Morgan fingerprint density at radius 1 is 1.21 bits per heavy atom. The summed E-state index contributed by atoms with van der Waals surface area (Å²) >= 11 is 0. The fourth-order valence-corrected chi connectivity index (χ4v) is 3.95. The van der Waals surface area contributed by atoms with Crippen LogP contribution in [-0.4, -0.2) is 50.8 Å². The van der Waals surface area contributed by atoms with E-state index in [-0.39, 0.29) is 11.9 Å². The zero-order chi connectivity index (χ0) is 20.8. The first-order chi connectivity index (χ1) is 13.6. The van der Waals surface area contributed by atoms with Crippen LogP contribution in [0.1, 0.15) is 50.4 Å². The van der Waals surface area contributed by atoms with E-state index in [1.165, 1.54) is 0 Å². The van der Waals surface area contributed by atoms with Gasteiger partial charge in [-0.15, -0.1) is 0 Å². The molecule has 154 valence electrons. The average molecular weight is 397 g/mol. The van der Waals surface area contributed by atoms with Crippen molar-refractivity contribution in [1.29, 1.82) is 0 Å². The largest absolute Gasteiger partial charge is 0.486 e. The Labute approximate surface area is 170 Å². The number of Topliss-reactive ketones (excluding diaryl/α,β-unsaturated/α-hetero) is 1. The predicted molar refractivity (Wildman–Crippen MR) is 108 cm³/mol. The average Bonchev–Trinajstić information content (AvgIpc) is 3.07. The summed E-state index contributed by atoms with van der Waals surface area (Å²) in [4.78, 5) is 27.0. The number of benzene rings is 1. The van der Waals surface area contributed by atoms with Crippen LogP contribution in [0, 0.1) is 0 Å². The van der Waals surface area contributed by atoms with Crippen LogP contribution in [0.4, 0.5) is 4.79 Å². The molecule has 2 aliphatic heterocycles. The molecule has 0 unspecified atom stereocenters. The topological polar surface area (TPSA) is 73.7 Å². The number of likely N-dealkylation sites (tertiary alicyclic amines) is 1. The second kappa shape index (κ2) is 6.90. The Morgan fingerprint density at radius 2 is 1.93 bits per heavy atom. The minimum atomic E-state index is -0.543. The molecule has 1 aromatic carbocycles. The third-order valence-corrected chi connectivity index (χ3v) is 5.45. The fourth-order valence-electron chi connectivity index (χ4n) is 3.95. The molecule has 4 rings (SSSR count). The van der Waals surface area contributed by atoms with Crippen LogP contribution in [-0.2, 0) is 11.8 Å². The van der Waals surface area contributed by atoms with Gasteiger partial charge in [0.2, 0.25) is 0 Å². The number of fused-ring (bicyclic) bond motifs is 1. The standard InChI is InChI=1S/C22H27N3O4/c1-21(2,3)29-20(27)25-9-7-22(8-10-25)12-18(26)17-11-15(5-6-19(17)28-22)16-13-23-24(4)14-16/h5-6,11,13-14H,7-10,12H2,1-4H3.